The van der Waals surface area contributed by atoms with Crippen molar-refractivity contribution in [3.8, 4) is 0 Å². The predicted molar refractivity (Wildman–Crippen MR) is 115 cm³/mol. The number of aliphatic carboxylic acids is 2. The fraction of sp³-hybridized carbons (Fsp3) is 0.160. The third kappa shape index (κ3) is 4.80. The quantitative estimate of drug-likeness (QED) is 0.364. The zero-order chi connectivity index (χ0) is 22.3. The third-order valence-corrected chi connectivity index (χ3v) is 5.20. The summed E-state index contributed by atoms with van der Waals surface area (Å²) < 4.78 is 0. The van der Waals surface area contributed by atoms with E-state index in [0.29, 0.717) is 0 Å². The van der Waals surface area contributed by atoms with Crippen molar-refractivity contribution in [2.45, 2.75) is 18.4 Å². The molecule has 0 aliphatic carbocycles. The Hall–Kier alpha value is -3.93. The molecule has 6 nitrogen and oxygen atoms in total. The molecular weight excluding hydrogens is 394 g/mol. The summed E-state index contributed by atoms with van der Waals surface area (Å²) in [4.78, 5) is 35.4. The number of carbonyl (C=O) groups is 3. The fourth-order valence-corrected chi connectivity index (χ4v) is 3.68. The summed E-state index contributed by atoms with van der Waals surface area (Å²) >= 11 is 0. The highest BCUT2D eigenvalue weighted by Gasteiger charge is 2.38. The van der Waals surface area contributed by atoms with Gasteiger partial charge in [0.15, 0.2) is 5.92 Å². The predicted octanol–water partition coefficient (Wildman–Crippen LogP) is 3.66. The van der Waals surface area contributed by atoms with Crippen LogP contribution in [0, 0.1) is 5.92 Å². The van der Waals surface area contributed by atoms with Crippen molar-refractivity contribution in [1.82, 2.24) is 5.32 Å². The highest BCUT2D eigenvalue weighted by atomic mass is 16.4. The maximum absolute atomic E-state index is 13.0. The van der Waals surface area contributed by atoms with Gasteiger partial charge < -0.3 is 15.5 Å². The molecule has 0 bridgehead atoms. The van der Waals surface area contributed by atoms with Gasteiger partial charge in [-0.15, -0.1) is 0 Å². The van der Waals surface area contributed by atoms with Gasteiger partial charge in [0.2, 0.25) is 5.91 Å². The van der Waals surface area contributed by atoms with Gasteiger partial charge in [-0.3, -0.25) is 14.4 Å². The number of hydrogen-bond donors (Lipinski definition) is 3. The minimum absolute atomic E-state index is 0.239. The number of carboxylic acid groups (broad SMARTS) is 2. The van der Waals surface area contributed by atoms with Crippen molar-refractivity contribution in [1.29, 1.82) is 0 Å². The zero-order valence-electron chi connectivity index (χ0n) is 16.8. The van der Waals surface area contributed by atoms with E-state index < -0.39 is 29.3 Å². The first-order valence-corrected chi connectivity index (χ1v) is 9.88. The van der Waals surface area contributed by atoms with Gasteiger partial charge in [0, 0.05) is 6.42 Å². The molecule has 3 aromatic carbocycles. The molecule has 3 N–H and O–H groups in total. The van der Waals surface area contributed by atoms with E-state index in [0.717, 1.165) is 16.7 Å². The van der Waals surface area contributed by atoms with Crippen LogP contribution in [0.1, 0.15) is 29.5 Å². The van der Waals surface area contributed by atoms with Gasteiger partial charge in [0.1, 0.15) is 5.54 Å². The van der Waals surface area contributed by atoms with Crippen molar-refractivity contribution in [3.05, 3.63) is 108 Å². The summed E-state index contributed by atoms with van der Waals surface area (Å²) in [5.74, 6) is -4.99. The lowest BCUT2D eigenvalue weighted by molar-refractivity contribution is -0.154. The number of hydrogen-bond acceptors (Lipinski definition) is 3. The van der Waals surface area contributed by atoms with Gasteiger partial charge >= 0.3 is 11.9 Å². The van der Waals surface area contributed by atoms with Crippen molar-refractivity contribution < 1.29 is 24.6 Å². The van der Waals surface area contributed by atoms with E-state index >= 15 is 0 Å². The molecule has 0 heterocycles. The van der Waals surface area contributed by atoms with Gasteiger partial charge in [-0.05, 0) is 23.1 Å². The maximum atomic E-state index is 13.0. The smallest absolute Gasteiger partial charge is 0.317 e. The standard InChI is InChI=1S/C25H23NO5/c27-22(17-16-21(23(28)29)24(30)31)26-25(18-10-4-1-5-11-18,19-12-6-2-7-13-19)20-14-8-3-9-15-20/h1-15,21H,16-17H2,(H,26,27)(H,28,29)(H,30,31). The van der Waals surface area contributed by atoms with Gasteiger partial charge in [-0.25, -0.2) is 0 Å². The molecule has 0 aliphatic rings. The summed E-state index contributed by atoms with van der Waals surface area (Å²) in [5.41, 5.74) is 1.46. The molecule has 6 heteroatoms. The Morgan fingerprint density at radius 3 is 1.35 bits per heavy atom. The fourth-order valence-electron chi connectivity index (χ4n) is 3.68. The van der Waals surface area contributed by atoms with E-state index in [9.17, 15) is 14.4 Å². The summed E-state index contributed by atoms with van der Waals surface area (Å²) in [7, 11) is 0. The van der Waals surface area contributed by atoms with Crippen LogP contribution >= 0.6 is 0 Å². The molecule has 0 unspecified atom stereocenters. The Labute approximate surface area is 180 Å². The van der Waals surface area contributed by atoms with Crippen LogP contribution in [-0.4, -0.2) is 28.1 Å². The topological polar surface area (TPSA) is 104 Å². The van der Waals surface area contributed by atoms with Gasteiger partial charge in [0.25, 0.3) is 0 Å². The molecule has 0 saturated heterocycles. The minimum atomic E-state index is -1.63. The molecular formula is C25H23NO5. The average molecular weight is 417 g/mol. The summed E-state index contributed by atoms with van der Waals surface area (Å²) in [5, 5.41) is 21.3. The summed E-state index contributed by atoms with van der Waals surface area (Å²) in [6.07, 6.45) is -0.539. The summed E-state index contributed by atoms with van der Waals surface area (Å²) in [6, 6.07) is 28.4. The SMILES string of the molecule is O=C(CCC(C(=O)O)C(=O)O)NC(c1ccccc1)(c1ccccc1)c1ccccc1. The van der Waals surface area contributed by atoms with Gasteiger partial charge in [-0.2, -0.15) is 0 Å². The average Bonchev–Trinajstić information content (AvgIpc) is 2.79. The van der Waals surface area contributed by atoms with Crippen LogP contribution in [0.5, 0.6) is 0 Å². The van der Waals surface area contributed by atoms with Crippen molar-refractivity contribution in [2.24, 2.45) is 5.92 Å². The number of nitrogens with one attached hydrogen (secondary N) is 1. The van der Waals surface area contributed by atoms with E-state index in [1.807, 2.05) is 91.0 Å². The molecule has 0 atom stereocenters. The van der Waals surface area contributed by atoms with Gasteiger partial charge in [-0.1, -0.05) is 91.0 Å². The van der Waals surface area contributed by atoms with Gasteiger partial charge in [0.05, 0.1) is 0 Å². The Morgan fingerprint density at radius 2 is 1.03 bits per heavy atom. The normalized spacial score (nSPS) is 11.1. The lowest BCUT2D eigenvalue weighted by atomic mass is 9.77. The van der Waals surface area contributed by atoms with Crippen LogP contribution in [0.25, 0.3) is 0 Å². The van der Waals surface area contributed by atoms with Crippen molar-refractivity contribution >= 4 is 17.8 Å². The first kappa shape index (κ1) is 21.8. The number of benzene rings is 3. The lowest BCUT2D eigenvalue weighted by Gasteiger charge is -2.37. The van der Waals surface area contributed by atoms with Crippen LogP contribution in [0.3, 0.4) is 0 Å². The number of carbonyl (C=O) groups excluding carboxylic acids is 1. The van der Waals surface area contributed by atoms with Crippen LogP contribution in [0.4, 0.5) is 0 Å². The minimum Gasteiger partial charge on any atom is -0.481 e. The number of rotatable bonds is 9. The molecule has 31 heavy (non-hydrogen) atoms. The van der Waals surface area contributed by atoms with Crippen LogP contribution in [0.15, 0.2) is 91.0 Å². The molecule has 0 aliphatic heterocycles. The zero-order valence-corrected chi connectivity index (χ0v) is 16.8. The van der Waals surface area contributed by atoms with Crippen LogP contribution in [-0.2, 0) is 19.9 Å². The summed E-state index contributed by atoms with van der Waals surface area (Å²) in [6.45, 7) is 0. The monoisotopic (exact) mass is 417 g/mol. The highest BCUT2D eigenvalue weighted by Crippen LogP contribution is 2.36. The molecule has 0 spiro atoms. The molecule has 1 amide bonds. The maximum Gasteiger partial charge on any atom is 0.317 e. The van der Waals surface area contributed by atoms with E-state index in [1.54, 1.807) is 0 Å². The second-order valence-corrected chi connectivity index (χ2v) is 7.16. The number of carboxylic acids is 2. The van der Waals surface area contributed by atoms with Crippen LogP contribution < -0.4 is 5.32 Å². The molecule has 0 aromatic heterocycles. The lowest BCUT2D eigenvalue weighted by Crippen LogP contribution is -2.48. The first-order valence-electron chi connectivity index (χ1n) is 9.88. The second-order valence-electron chi connectivity index (χ2n) is 7.16. The first-order chi connectivity index (χ1) is 14.9. The van der Waals surface area contributed by atoms with E-state index in [-0.39, 0.29) is 12.8 Å². The Balaban J connectivity index is 2.05. The molecule has 3 rings (SSSR count). The molecule has 0 fully saturated rings. The van der Waals surface area contributed by atoms with Crippen molar-refractivity contribution in [2.75, 3.05) is 0 Å². The third-order valence-electron chi connectivity index (χ3n) is 5.20. The number of amides is 1. The Kier molecular flexibility index (Phi) is 6.82. The van der Waals surface area contributed by atoms with E-state index in [2.05, 4.69) is 5.32 Å². The van der Waals surface area contributed by atoms with E-state index in [4.69, 9.17) is 10.2 Å². The van der Waals surface area contributed by atoms with Crippen molar-refractivity contribution in [3.63, 3.8) is 0 Å². The largest absolute Gasteiger partial charge is 0.481 e. The Morgan fingerprint density at radius 1 is 0.677 bits per heavy atom. The van der Waals surface area contributed by atoms with Crippen LogP contribution in [0.2, 0.25) is 0 Å². The Bertz CT molecular complexity index is 925. The molecule has 158 valence electrons. The molecule has 0 saturated carbocycles. The molecule has 3 aromatic rings. The second kappa shape index (κ2) is 9.71. The molecule has 0 radical (unpaired) electrons. The van der Waals surface area contributed by atoms with E-state index in [1.165, 1.54) is 0 Å². The highest BCUT2D eigenvalue weighted by molar-refractivity contribution is 5.93.